The Morgan fingerprint density at radius 2 is 2.30 bits per heavy atom. The third-order valence-electron chi connectivity index (χ3n) is 2.65. The molecular weight excluding hydrogens is 289 g/mol. The van der Waals surface area contributed by atoms with Crippen molar-refractivity contribution in [2.75, 3.05) is 7.11 Å². The van der Waals surface area contributed by atoms with E-state index >= 15 is 0 Å². The molecule has 20 heavy (non-hydrogen) atoms. The number of halogens is 2. The summed E-state index contributed by atoms with van der Waals surface area (Å²) in [5.74, 6) is -1.67. The monoisotopic (exact) mass is 299 g/mol. The predicted octanol–water partition coefficient (Wildman–Crippen LogP) is 1.96. The van der Waals surface area contributed by atoms with Crippen LogP contribution in [0.15, 0.2) is 18.2 Å². The summed E-state index contributed by atoms with van der Waals surface area (Å²) in [5, 5.41) is 16.7. The van der Waals surface area contributed by atoms with Gasteiger partial charge >= 0.3 is 5.97 Å². The van der Waals surface area contributed by atoms with Crippen molar-refractivity contribution in [1.29, 1.82) is 0 Å². The van der Waals surface area contributed by atoms with Gasteiger partial charge in [-0.1, -0.05) is 16.8 Å². The Kier molecular flexibility index (Phi) is 4.31. The molecule has 6 nitrogen and oxygen atoms in total. The van der Waals surface area contributed by atoms with Crippen molar-refractivity contribution in [3.05, 3.63) is 46.0 Å². The summed E-state index contributed by atoms with van der Waals surface area (Å²) in [7, 11) is 1.42. The Balaban J connectivity index is 2.38. The van der Waals surface area contributed by atoms with Crippen LogP contribution in [0.2, 0.25) is 5.02 Å². The molecule has 0 saturated heterocycles. The Hall–Kier alpha value is -1.99. The zero-order chi connectivity index (χ0) is 14.7. The number of hydrogen-bond acceptors (Lipinski definition) is 4. The Morgan fingerprint density at radius 3 is 2.95 bits per heavy atom. The van der Waals surface area contributed by atoms with E-state index in [2.05, 4.69) is 10.3 Å². The molecule has 0 bridgehead atoms. The van der Waals surface area contributed by atoms with Gasteiger partial charge in [0.1, 0.15) is 5.82 Å². The molecule has 8 heteroatoms. The highest BCUT2D eigenvalue weighted by atomic mass is 35.5. The van der Waals surface area contributed by atoms with Gasteiger partial charge in [-0.25, -0.2) is 13.9 Å². The van der Waals surface area contributed by atoms with Gasteiger partial charge in [-0.3, -0.25) is 0 Å². The second-order valence-electron chi connectivity index (χ2n) is 4.02. The number of aromatic carboxylic acids is 1. The van der Waals surface area contributed by atoms with Crippen molar-refractivity contribution in [2.45, 2.75) is 13.2 Å². The molecule has 2 rings (SSSR count). The fourth-order valence-electron chi connectivity index (χ4n) is 1.73. The van der Waals surface area contributed by atoms with Crippen LogP contribution in [0.4, 0.5) is 4.39 Å². The largest absolute Gasteiger partial charge is 0.476 e. The van der Waals surface area contributed by atoms with Crippen molar-refractivity contribution in [2.24, 2.45) is 0 Å². The van der Waals surface area contributed by atoms with Crippen LogP contribution in [-0.2, 0) is 17.9 Å². The van der Waals surface area contributed by atoms with Crippen molar-refractivity contribution in [1.82, 2.24) is 15.0 Å². The normalized spacial score (nSPS) is 10.8. The molecule has 0 amide bonds. The summed E-state index contributed by atoms with van der Waals surface area (Å²) in [5.41, 5.74) is 0.338. The molecule has 0 aliphatic carbocycles. The van der Waals surface area contributed by atoms with E-state index in [9.17, 15) is 9.18 Å². The topological polar surface area (TPSA) is 77.2 Å². The molecule has 0 fully saturated rings. The first-order chi connectivity index (χ1) is 9.52. The lowest BCUT2D eigenvalue weighted by molar-refractivity contribution is 0.0684. The van der Waals surface area contributed by atoms with Gasteiger partial charge in [-0.2, -0.15) is 0 Å². The second kappa shape index (κ2) is 5.98. The van der Waals surface area contributed by atoms with Gasteiger partial charge in [-0.05, 0) is 18.2 Å². The maximum Gasteiger partial charge on any atom is 0.358 e. The van der Waals surface area contributed by atoms with E-state index in [1.165, 1.54) is 30.0 Å². The zero-order valence-corrected chi connectivity index (χ0v) is 11.3. The number of hydrogen-bond donors (Lipinski definition) is 1. The van der Waals surface area contributed by atoms with Crippen molar-refractivity contribution < 1.29 is 19.0 Å². The Bertz CT molecular complexity index is 645. The molecule has 0 unspecified atom stereocenters. The molecule has 0 radical (unpaired) electrons. The van der Waals surface area contributed by atoms with Crippen molar-refractivity contribution >= 4 is 17.6 Å². The van der Waals surface area contributed by atoms with Gasteiger partial charge in [0.25, 0.3) is 0 Å². The Labute approximate surface area is 118 Å². The molecule has 0 spiro atoms. The third-order valence-corrected chi connectivity index (χ3v) is 2.88. The van der Waals surface area contributed by atoms with E-state index in [-0.39, 0.29) is 30.1 Å². The van der Waals surface area contributed by atoms with E-state index in [0.29, 0.717) is 5.02 Å². The summed E-state index contributed by atoms with van der Waals surface area (Å²) in [6.45, 7) is 0.0299. The standard InChI is InChI=1S/C12H11ClFN3O3/c1-20-6-10-11(12(18)19)15-16-17(10)5-7-4-8(13)2-3-9(7)14/h2-4H,5-6H2,1H3,(H,18,19). The number of nitrogens with zero attached hydrogens (tertiary/aromatic N) is 3. The Morgan fingerprint density at radius 1 is 1.55 bits per heavy atom. The van der Waals surface area contributed by atoms with E-state index in [1.807, 2.05) is 0 Å². The number of carbonyl (C=O) groups is 1. The van der Waals surface area contributed by atoms with Gasteiger partial charge in [0.15, 0.2) is 5.69 Å². The molecule has 0 atom stereocenters. The van der Waals surface area contributed by atoms with Gasteiger partial charge < -0.3 is 9.84 Å². The van der Waals surface area contributed by atoms with Crippen LogP contribution in [0, 0.1) is 5.82 Å². The van der Waals surface area contributed by atoms with Crippen molar-refractivity contribution in [3.63, 3.8) is 0 Å². The lowest BCUT2D eigenvalue weighted by Gasteiger charge is -2.07. The van der Waals surface area contributed by atoms with Gasteiger partial charge in [0, 0.05) is 17.7 Å². The maximum atomic E-state index is 13.7. The molecule has 0 saturated carbocycles. The van der Waals surface area contributed by atoms with E-state index in [1.54, 1.807) is 0 Å². The highest BCUT2D eigenvalue weighted by molar-refractivity contribution is 6.30. The highest BCUT2D eigenvalue weighted by Crippen LogP contribution is 2.17. The molecule has 106 valence electrons. The average molecular weight is 300 g/mol. The zero-order valence-electron chi connectivity index (χ0n) is 10.5. The molecule has 0 aliphatic heterocycles. The van der Waals surface area contributed by atoms with Crippen LogP contribution >= 0.6 is 11.6 Å². The predicted molar refractivity (Wildman–Crippen MR) is 68.2 cm³/mol. The van der Waals surface area contributed by atoms with Gasteiger partial charge in [-0.15, -0.1) is 5.10 Å². The first-order valence-corrected chi connectivity index (χ1v) is 5.99. The third kappa shape index (κ3) is 2.94. The number of carboxylic acids is 1. The van der Waals surface area contributed by atoms with Crippen LogP contribution in [0.3, 0.4) is 0 Å². The minimum Gasteiger partial charge on any atom is -0.476 e. The second-order valence-corrected chi connectivity index (χ2v) is 4.45. The van der Waals surface area contributed by atoms with E-state index < -0.39 is 11.8 Å². The first kappa shape index (κ1) is 14.4. The summed E-state index contributed by atoms with van der Waals surface area (Å²) >= 11 is 5.81. The lowest BCUT2D eigenvalue weighted by Crippen LogP contribution is -2.11. The van der Waals surface area contributed by atoms with E-state index in [4.69, 9.17) is 21.4 Å². The smallest absolute Gasteiger partial charge is 0.358 e. The van der Waals surface area contributed by atoms with Crippen LogP contribution in [-0.4, -0.2) is 33.2 Å². The van der Waals surface area contributed by atoms with Gasteiger partial charge in [0.05, 0.1) is 18.8 Å². The lowest BCUT2D eigenvalue weighted by atomic mass is 10.2. The summed E-state index contributed by atoms with van der Waals surface area (Å²) in [6.07, 6.45) is 0. The molecule has 1 N–H and O–H groups in total. The molecule has 1 heterocycles. The molecule has 1 aromatic heterocycles. The van der Waals surface area contributed by atoms with Gasteiger partial charge in [0.2, 0.25) is 0 Å². The average Bonchev–Trinajstić information content (AvgIpc) is 2.78. The fraction of sp³-hybridized carbons (Fsp3) is 0.250. The molecule has 1 aromatic carbocycles. The molecule has 2 aromatic rings. The summed E-state index contributed by atoms with van der Waals surface area (Å²) in [4.78, 5) is 11.0. The number of ether oxygens (including phenoxy) is 1. The van der Waals surface area contributed by atoms with Crippen LogP contribution in [0.5, 0.6) is 0 Å². The maximum absolute atomic E-state index is 13.7. The fourth-order valence-corrected chi connectivity index (χ4v) is 1.93. The number of rotatable bonds is 5. The van der Waals surface area contributed by atoms with Crippen LogP contribution < -0.4 is 0 Å². The minimum absolute atomic E-state index is 0.0107. The summed E-state index contributed by atoms with van der Waals surface area (Å²) < 4.78 is 19.9. The number of aromatic nitrogens is 3. The van der Waals surface area contributed by atoms with Crippen molar-refractivity contribution in [3.8, 4) is 0 Å². The number of carboxylic acid groups (broad SMARTS) is 1. The van der Waals surface area contributed by atoms with Crippen LogP contribution in [0.1, 0.15) is 21.7 Å². The van der Waals surface area contributed by atoms with E-state index in [0.717, 1.165) is 0 Å². The number of benzene rings is 1. The number of methoxy groups -OCH3 is 1. The first-order valence-electron chi connectivity index (χ1n) is 5.61. The minimum atomic E-state index is -1.21. The molecule has 0 aliphatic rings. The highest BCUT2D eigenvalue weighted by Gasteiger charge is 2.19. The molecular formula is C12H11ClFN3O3. The quantitative estimate of drug-likeness (QED) is 0.913. The summed E-state index contributed by atoms with van der Waals surface area (Å²) in [6, 6.07) is 4.12. The van der Waals surface area contributed by atoms with Crippen LogP contribution in [0.25, 0.3) is 0 Å². The SMILES string of the molecule is COCc1c(C(=O)O)nnn1Cc1cc(Cl)ccc1F.